The minimum Gasteiger partial charge on any atom is -0.480 e. The number of carboxylic acid groups (broad SMARTS) is 1. The van der Waals surface area contributed by atoms with Gasteiger partial charge in [-0.25, -0.2) is 4.79 Å². The minimum atomic E-state index is -1.14. The summed E-state index contributed by atoms with van der Waals surface area (Å²) in [7, 11) is 0. The van der Waals surface area contributed by atoms with Gasteiger partial charge in [-0.2, -0.15) is 0 Å². The molecule has 30 heavy (non-hydrogen) atoms. The number of hydrogen-bond acceptors (Lipinski definition) is 3. The van der Waals surface area contributed by atoms with Crippen molar-refractivity contribution in [2.75, 3.05) is 0 Å². The highest BCUT2D eigenvalue weighted by Gasteiger charge is 2.32. The average Bonchev–Trinajstić information content (AvgIpc) is 2.79. The molecule has 4 rings (SSSR count). The molecule has 0 unspecified atom stereocenters. The van der Waals surface area contributed by atoms with Crippen molar-refractivity contribution in [1.29, 1.82) is 0 Å². The van der Waals surface area contributed by atoms with Gasteiger partial charge in [-0.15, -0.1) is 0 Å². The van der Waals surface area contributed by atoms with Gasteiger partial charge in [0, 0.05) is 17.5 Å². The predicted molar refractivity (Wildman–Crippen MR) is 115 cm³/mol. The van der Waals surface area contributed by atoms with Crippen molar-refractivity contribution in [3.8, 4) is 0 Å². The van der Waals surface area contributed by atoms with Crippen LogP contribution in [0, 0.1) is 0 Å². The Morgan fingerprint density at radius 1 is 0.800 bits per heavy atom. The lowest BCUT2D eigenvalue weighted by Gasteiger charge is -2.26. The number of hydrogen-bond donors (Lipinski definition) is 2. The molecule has 0 saturated carbocycles. The van der Waals surface area contributed by atoms with Gasteiger partial charge in [0.15, 0.2) is 0 Å². The number of nitrogens with one attached hydrogen (secondary N) is 1. The highest BCUT2D eigenvalue weighted by molar-refractivity contribution is 5.99. The van der Waals surface area contributed by atoms with Gasteiger partial charge in [-0.05, 0) is 23.3 Å². The molecule has 0 aliphatic carbocycles. The second-order valence-electron chi connectivity index (χ2n) is 7.01. The molecule has 2 N–H and O–H groups in total. The van der Waals surface area contributed by atoms with Gasteiger partial charge in [0.2, 0.25) is 0 Å². The van der Waals surface area contributed by atoms with E-state index < -0.39 is 23.8 Å². The van der Waals surface area contributed by atoms with Gasteiger partial charge in [0.1, 0.15) is 6.04 Å². The summed E-state index contributed by atoms with van der Waals surface area (Å²) in [4.78, 5) is 29.5. The maximum atomic E-state index is 13.0. The number of aromatic nitrogens is 1. The Balaban J connectivity index is 1.70. The number of aliphatic carboxylic acids is 1. The van der Waals surface area contributed by atoms with Crippen LogP contribution in [0.25, 0.3) is 10.9 Å². The van der Waals surface area contributed by atoms with Crippen LogP contribution in [0.5, 0.6) is 0 Å². The zero-order valence-corrected chi connectivity index (χ0v) is 16.1. The maximum absolute atomic E-state index is 13.0. The number of rotatable bonds is 6. The normalized spacial score (nSPS) is 11.9. The predicted octanol–water partition coefficient (Wildman–Crippen LogP) is 4.25. The lowest BCUT2D eigenvalue weighted by atomic mass is 9.85. The van der Waals surface area contributed by atoms with Crippen LogP contribution < -0.4 is 5.32 Å². The van der Waals surface area contributed by atoms with E-state index in [4.69, 9.17) is 0 Å². The summed E-state index contributed by atoms with van der Waals surface area (Å²) in [6.07, 6.45) is 1.47. The lowest BCUT2D eigenvalue weighted by Crippen LogP contribution is -2.45. The Hall–Kier alpha value is -3.99. The minimum absolute atomic E-state index is 0.319. The molecule has 1 aromatic heterocycles. The van der Waals surface area contributed by atoms with Crippen LogP contribution in [0.15, 0.2) is 97.2 Å². The average molecular weight is 396 g/mol. The first-order valence-corrected chi connectivity index (χ1v) is 9.62. The van der Waals surface area contributed by atoms with Crippen LogP contribution >= 0.6 is 0 Å². The molecular weight excluding hydrogens is 376 g/mol. The number of carbonyl (C=O) groups excluding carboxylic acids is 1. The van der Waals surface area contributed by atoms with Crippen molar-refractivity contribution in [2.45, 2.75) is 12.0 Å². The monoisotopic (exact) mass is 396 g/mol. The Morgan fingerprint density at radius 2 is 1.37 bits per heavy atom. The first kappa shape index (κ1) is 19.3. The highest BCUT2D eigenvalue weighted by atomic mass is 16.4. The molecule has 4 aromatic rings. The summed E-state index contributed by atoms with van der Waals surface area (Å²) < 4.78 is 0. The molecule has 0 fully saturated rings. The van der Waals surface area contributed by atoms with Crippen LogP contribution in [0.3, 0.4) is 0 Å². The van der Waals surface area contributed by atoms with Gasteiger partial charge in [0.05, 0.1) is 11.1 Å². The molecule has 0 bridgehead atoms. The van der Waals surface area contributed by atoms with E-state index in [1.54, 1.807) is 6.07 Å². The SMILES string of the molecule is O=C(N[C@@H](C(=O)O)C(c1ccccc1)c1ccccc1)c1cnc2ccccc2c1. The van der Waals surface area contributed by atoms with E-state index in [0.717, 1.165) is 22.0 Å². The van der Waals surface area contributed by atoms with E-state index in [1.807, 2.05) is 84.9 Å². The number of para-hydroxylation sites is 1. The van der Waals surface area contributed by atoms with Gasteiger partial charge >= 0.3 is 5.97 Å². The second-order valence-corrected chi connectivity index (χ2v) is 7.01. The molecular formula is C25H20N2O3. The van der Waals surface area contributed by atoms with Crippen LogP contribution in [-0.4, -0.2) is 28.0 Å². The fraction of sp³-hybridized carbons (Fsp3) is 0.0800. The maximum Gasteiger partial charge on any atom is 0.327 e. The number of carboxylic acids is 1. The van der Waals surface area contributed by atoms with E-state index in [-0.39, 0.29) is 0 Å². The molecule has 0 aliphatic rings. The summed E-state index contributed by atoms with van der Waals surface area (Å²) in [5.74, 6) is -2.12. The van der Waals surface area contributed by atoms with Gasteiger partial charge < -0.3 is 10.4 Å². The van der Waals surface area contributed by atoms with Crippen molar-refractivity contribution >= 4 is 22.8 Å². The molecule has 0 saturated heterocycles. The molecule has 1 amide bonds. The third kappa shape index (κ3) is 4.05. The standard InChI is InChI=1S/C25H20N2O3/c28-24(20-15-19-13-7-8-14-21(19)26-16-20)27-23(25(29)30)22(17-9-3-1-4-10-17)18-11-5-2-6-12-18/h1-16,22-23H,(H,27,28)(H,29,30)/t23-/m1/s1. The molecule has 1 atom stereocenters. The molecule has 0 spiro atoms. The third-order valence-corrected chi connectivity index (χ3v) is 5.06. The molecule has 5 nitrogen and oxygen atoms in total. The van der Waals surface area contributed by atoms with Crippen LogP contribution in [0.1, 0.15) is 27.4 Å². The first-order valence-electron chi connectivity index (χ1n) is 9.62. The number of benzene rings is 3. The Bertz CT molecular complexity index is 1140. The van der Waals surface area contributed by atoms with Crippen molar-refractivity contribution in [2.24, 2.45) is 0 Å². The molecule has 1 heterocycles. The number of pyridine rings is 1. The Kier molecular flexibility index (Phi) is 5.52. The number of carbonyl (C=O) groups is 2. The summed E-state index contributed by atoms with van der Waals surface area (Å²) in [5.41, 5.74) is 2.72. The molecule has 5 heteroatoms. The molecule has 148 valence electrons. The van der Waals surface area contributed by atoms with E-state index in [9.17, 15) is 14.7 Å². The van der Waals surface area contributed by atoms with Crippen molar-refractivity contribution < 1.29 is 14.7 Å². The van der Waals surface area contributed by atoms with Crippen molar-refractivity contribution in [1.82, 2.24) is 10.3 Å². The summed E-state index contributed by atoms with van der Waals surface area (Å²) in [6, 6.07) is 26.7. The third-order valence-electron chi connectivity index (χ3n) is 5.06. The zero-order chi connectivity index (χ0) is 20.9. The van der Waals surface area contributed by atoms with Gasteiger partial charge in [-0.1, -0.05) is 78.9 Å². The number of amides is 1. The van der Waals surface area contributed by atoms with Gasteiger partial charge in [-0.3, -0.25) is 9.78 Å². The van der Waals surface area contributed by atoms with Crippen LogP contribution in [0.2, 0.25) is 0 Å². The van der Waals surface area contributed by atoms with E-state index >= 15 is 0 Å². The zero-order valence-electron chi connectivity index (χ0n) is 16.1. The summed E-state index contributed by atoms with van der Waals surface area (Å²) >= 11 is 0. The quantitative estimate of drug-likeness (QED) is 0.511. The second kappa shape index (κ2) is 8.57. The Labute approximate surface area is 174 Å². The van der Waals surface area contributed by atoms with E-state index in [1.165, 1.54) is 6.20 Å². The molecule has 3 aromatic carbocycles. The first-order chi connectivity index (χ1) is 14.6. The van der Waals surface area contributed by atoms with Crippen molar-refractivity contribution in [3.63, 3.8) is 0 Å². The van der Waals surface area contributed by atoms with Gasteiger partial charge in [0.25, 0.3) is 5.91 Å². The Morgan fingerprint density at radius 3 is 1.97 bits per heavy atom. The van der Waals surface area contributed by atoms with E-state index in [0.29, 0.717) is 5.56 Å². The lowest BCUT2D eigenvalue weighted by molar-refractivity contribution is -0.139. The van der Waals surface area contributed by atoms with Crippen molar-refractivity contribution in [3.05, 3.63) is 114 Å². The topological polar surface area (TPSA) is 79.3 Å². The fourth-order valence-electron chi connectivity index (χ4n) is 3.61. The van der Waals surface area contributed by atoms with E-state index in [2.05, 4.69) is 10.3 Å². The molecule has 0 radical (unpaired) electrons. The molecule has 0 aliphatic heterocycles. The summed E-state index contributed by atoms with van der Waals surface area (Å²) in [5, 5.41) is 13.5. The largest absolute Gasteiger partial charge is 0.480 e. The number of nitrogens with zero attached hydrogens (tertiary/aromatic N) is 1. The highest BCUT2D eigenvalue weighted by Crippen LogP contribution is 2.28. The fourth-order valence-corrected chi connectivity index (χ4v) is 3.61. The van der Waals surface area contributed by atoms with Crippen LogP contribution in [0.4, 0.5) is 0 Å². The van der Waals surface area contributed by atoms with Crippen LogP contribution in [-0.2, 0) is 4.79 Å². The number of fused-ring (bicyclic) bond motifs is 1. The smallest absolute Gasteiger partial charge is 0.327 e. The summed E-state index contributed by atoms with van der Waals surface area (Å²) in [6.45, 7) is 0.